The van der Waals surface area contributed by atoms with E-state index in [1.165, 1.54) is 5.56 Å². The number of phenolic OH excluding ortho intramolecular Hbond substituents is 2. The molecule has 2 aromatic carbocycles. The normalized spacial score (nSPS) is 10.8. The Morgan fingerprint density at radius 2 is 1.41 bits per heavy atom. The van der Waals surface area contributed by atoms with Crippen molar-refractivity contribution in [2.75, 3.05) is 0 Å². The molecule has 0 bridgehead atoms. The van der Waals surface area contributed by atoms with Crippen LogP contribution in [0.25, 0.3) is 11.1 Å². The molecule has 0 atom stereocenters. The molecule has 0 aliphatic carbocycles. The first-order valence-corrected chi connectivity index (χ1v) is 8.30. The highest BCUT2D eigenvalue weighted by molar-refractivity contribution is 5.73. The first kappa shape index (κ1) is 16.4. The molecule has 0 aliphatic rings. The van der Waals surface area contributed by atoms with Gasteiger partial charge in [-0.2, -0.15) is 0 Å². The van der Waals surface area contributed by atoms with E-state index >= 15 is 0 Å². The van der Waals surface area contributed by atoms with Crippen molar-refractivity contribution < 1.29 is 10.2 Å². The zero-order chi connectivity index (χ0) is 15.9. The lowest BCUT2D eigenvalue weighted by molar-refractivity contribution is 0.467. The van der Waals surface area contributed by atoms with Gasteiger partial charge in [-0.15, -0.1) is 0 Å². The van der Waals surface area contributed by atoms with Crippen molar-refractivity contribution in [1.82, 2.24) is 0 Å². The molecular weight excluding hydrogens is 272 g/mol. The molecule has 2 N–H and O–H groups in total. The van der Waals surface area contributed by atoms with Gasteiger partial charge in [0.1, 0.15) is 11.5 Å². The van der Waals surface area contributed by atoms with Crippen LogP contribution < -0.4 is 0 Å². The summed E-state index contributed by atoms with van der Waals surface area (Å²) in [6.45, 7) is 4.36. The first-order valence-electron chi connectivity index (χ1n) is 8.30. The van der Waals surface area contributed by atoms with E-state index in [1.807, 2.05) is 18.2 Å². The van der Waals surface area contributed by atoms with Crippen LogP contribution in [0.3, 0.4) is 0 Å². The molecular formula is C20H26O2. The summed E-state index contributed by atoms with van der Waals surface area (Å²) in [7, 11) is 0. The second kappa shape index (κ2) is 7.88. The van der Waals surface area contributed by atoms with E-state index < -0.39 is 0 Å². The second-order valence-corrected chi connectivity index (χ2v) is 5.85. The number of benzene rings is 2. The number of hydrogen-bond acceptors (Lipinski definition) is 2. The molecule has 0 spiro atoms. The molecule has 2 rings (SSSR count). The van der Waals surface area contributed by atoms with Crippen molar-refractivity contribution in [3.63, 3.8) is 0 Å². The van der Waals surface area contributed by atoms with Crippen molar-refractivity contribution in [1.29, 1.82) is 0 Å². The van der Waals surface area contributed by atoms with Crippen LogP contribution in [0.2, 0.25) is 0 Å². The van der Waals surface area contributed by atoms with Gasteiger partial charge in [0, 0.05) is 5.56 Å². The quantitative estimate of drug-likeness (QED) is 0.713. The van der Waals surface area contributed by atoms with Crippen LogP contribution >= 0.6 is 0 Å². The van der Waals surface area contributed by atoms with Crippen molar-refractivity contribution in [2.24, 2.45) is 0 Å². The lowest BCUT2D eigenvalue weighted by atomic mass is 9.92. The van der Waals surface area contributed by atoms with Gasteiger partial charge in [0.25, 0.3) is 0 Å². The molecule has 2 aromatic rings. The Labute approximate surface area is 133 Å². The van der Waals surface area contributed by atoms with Gasteiger partial charge >= 0.3 is 0 Å². The Balaban J connectivity index is 2.41. The van der Waals surface area contributed by atoms with E-state index in [9.17, 15) is 10.2 Å². The number of aromatic hydroxyl groups is 2. The second-order valence-electron chi connectivity index (χ2n) is 5.85. The average Bonchev–Trinajstić information content (AvgIpc) is 2.53. The highest BCUT2D eigenvalue weighted by Crippen LogP contribution is 2.36. The number of unbranched alkanes of at least 4 members (excludes halogenated alkanes) is 2. The molecule has 2 heteroatoms. The highest BCUT2D eigenvalue weighted by atomic mass is 16.3. The largest absolute Gasteiger partial charge is 0.508 e. The SMILES string of the molecule is CCCCc1ccc(-c2ccc(O)cc2)c(O)c1CCCC. The molecule has 2 nitrogen and oxygen atoms in total. The maximum absolute atomic E-state index is 10.8. The van der Waals surface area contributed by atoms with Crippen LogP contribution in [0.5, 0.6) is 11.5 Å². The van der Waals surface area contributed by atoms with Gasteiger partial charge in [0.2, 0.25) is 0 Å². The number of rotatable bonds is 7. The molecule has 0 aromatic heterocycles. The van der Waals surface area contributed by atoms with E-state index in [4.69, 9.17) is 0 Å². The molecule has 0 radical (unpaired) electrons. The Bertz CT molecular complexity index is 600. The number of phenols is 2. The average molecular weight is 298 g/mol. The maximum Gasteiger partial charge on any atom is 0.126 e. The summed E-state index contributed by atoms with van der Waals surface area (Å²) in [6.07, 6.45) is 6.47. The van der Waals surface area contributed by atoms with Crippen molar-refractivity contribution in [2.45, 2.75) is 52.4 Å². The molecule has 22 heavy (non-hydrogen) atoms. The molecule has 0 saturated heterocycles. The summed E-state index contributed by atoms with van der Waals surface area (Å²) in [5.74, 6) is 0.654. The van der Waals surface area contributed by atoms with E-state index in [2.05, 4.69) is 19.9 Å². The minimum Gasteiger partial charge on any atom is -0.508 e. The minimum atomic E-state index is 0.244. The summed E-state index contributed by atoms with van der Waals surface area (Å²) < 4.78 is 0. The van der Waals surface area contributed by atoms with Gasteiger partial charge < -0.3 is 10.2 Å². The van der Waals surface area contributed by atoms with Gasteiger partial charge in [-0.1, -0.05) is 51.0 Å². The van der Waals surface area contributed by atoms with Crippen LogP contribution in [-0.2, 0) is 12.8 Å². The lowest BCUT2D eigenvalue weighted by Gasteiger charge is -2.15. The van der Waals surface area contributed by atoms with Crippen LogP contribution in [0, 0.1) is 0 Å². The van der Waals surface area contributed by atoms with Gasteiger partial charge in [-0.3, -0.25) is 0 Å². The Morgan fingerprint density at radius 3 is 2.05 bits per heavy atom. The fourth-order valence-corrected chi connectivity index (χ4v) is 2.79. The fraction of sp³-hybridized carbons (Fsp3) is 0.400. The summed E-state index contributed by atoms with van der Waals surface area (Å²) in [5, 5.41) is 20.2. The zero-order valence-corrected chi connectivity index (χ0v) is 13.6. The number of aryl methyl sites for hydroxylation is 1. The third-order valence-electron chi connectivity index (χ3n) is 4.14. The van der Waals surface area contributed by atoms with Gasteiger partial charge in [0.15, 0.2) is 0 Å². The standard InChI is InChI=1S/C20H26O2/c1-3-5-7-15-11-14-19(16-9-12-17(21)13-10-16)20(22)18(15)8-6-4-2/h9-14,21-22H,3-8H2,1-2H3. The Hall–Kier alpha value is -1.96. The van der Waals surface area contributed by atoms with Gasteiger partial charge in [-0.05, 0) is 54.5 Å². The summed E-state index contributed by atoms with van der Waals surface area (Å²) in [4.78, 5) is 0. The maximum atomic E-state index is 10.8. The zero-order valence-electron chi connectivity index (χ0n) is 13.6. The number of hydrogen-bond donors (Lipinski definition) is 2. The molecule has 0 fully saturated rings. The van der Waals surface area contributed by atoms with E-state index in [1.54, 1.807) is 12.1 Å². The van der Waals surface area contributed by atoms with Crippen molar-refractivity contribution in [3.8, 4) is 22.6 Å². The van der Waals surface area contributed by atoms with Crippen LogP contribution in [0.4, 0.5) is 0 Å². The Morgan fingerprint density at radius 1 is 0.773 bits per heavy atom. The van der Waals surface area contributed by atoms with Crippen LogP contribution in [0.15, 0.2) is 36.4 Å². The predicted octanol–water partition coefficient (Wildman–Crippen LogP) is 5.45. The summed E-state index contributed by atoms with van der Waals surface area (Å²) in [6, 6.07) is 11.2. The van der Waals surface area contributed by atoms with E-state index in [-0.39, 0.29) is 5.75 Å². The van der Waals surface area contributed by atoms with Crippen LogP contribution in [0.1, 0.15) is 50.7 Å². The lowest BCUT2D eigenvalue weighted by Crippen LogP contribution is -1.97. The molecule has 118 valence electrons. The first-order chi connectivity index (χ1) is 10.7. The Kier molecular flexibility index (Phi) is 5.88. The van der Waals surface area contributed by atoms with Crippen molar-refractivity contribution in [3.05, 3.63) is 47.5 Å². The fourth-order valence-electron chi connectivity index (χ4n) is 2.79. The highest BCUT2D eigenvalue weighted by Gasteiger charge is 2.13. The van der Waals surface area contributed by atoms with Crippen molar-refractivity contribution >= 4 is 0 Å². The third-order valence-corrected chi connectivity index (χ3v) is 4.14. The van der Waals surface area contributed by atoms with E-state index in [0.717, 1.165) is 55.2 Å². The molecule has 0 amide bonds. The van der Waals surface area contributed by atoms with Gasteiger partial charge in [0.05, 0.1) is 0 Å². The predicted molar refractivity (Wildman–Crippen MR) is 92.4 cm³/mol. The van der Waals surface area contributed by atoms with Gasteiger partial charge in [-0.25, -0.2) is 0 Å². The minimum absolute atomic E-state index is 0.244. The molecule has 0 aliphatic heterocycles. The summed E-state index contributed by atoms with van der Waals surface area (Å²) in [5.41, 5.74) is 4.16. The molecule has 0 heterocycles. The van der Waals surface area contributed by atoms with Crippen LogP contribution in [-0.4, -0.2) is 10.2 Å². The topological polar surface area (TPSA) is 40.5 Å². The molecule has 0 unspecified atom stereocenters. The summed E-state index contributed by atoms with van der Waals surface area (Å²) >= 11 is 0. The van der Waals surface area contributed by atoms with E-state index in [0.29, 0.717) is 5.75 Å². The third kappa shape index (κ3) is 3.82. The monoisotopic (exact) mass is 298 g/mol. The smallest absolute Gasteiger partial charge is 0.126 e. The molecule has 0 saturated carbocycles.